The van der Waals surface area contributed by atoms with Gasteiger partial charge in [-0.15, -0.1) is 0 Å². The van der Waals surface area contributed by atoms with Gasteiger partial charge in [-0.05, 0) is 32.3 Å². The van der Waals surface area contributed by atoms with E-state index in [-0.39, 0.29) is 5.97 Å². The molecule has 0 heterocycles. The van der Waals surface area contributed by atoms with E-state index in [1.165, 1.54) is 0 Å². The van der Waals surface area contributed by atoms with Crippen LogP contribution in [-0.2, 0) is 9.53 Å². The number of ether oxygens (including phenoxy) is 1. The van der Waals surface area contributed by atoms with Crippen LogP contribution in [0.5, 0.6) is 0 Å². The molecule has 0 aromatic heterocycles. The third-order valence-corrected chi connectivity index (χ3v) is 6.03. The van der Waals surface area contributed by atoms with E-state index in [1.807, 2.05) is 30.3 Å². The molecule has 0 spiro atoms. The number of esters is 1. The molecular formula is C21H34NO3+. The monoisotopic (exact) mass is 348 g/mol. The average molecular weight is 349 g/mol. The van der Waals surface area contributed by atoms with Crippen molar-refractivity contribution in [3.63, 3.8) is 0 Å². The van der Waals surface area contributed by atoms with E-state index in [9.17, 15) is 9.90 Å². The topological polar surface area (TPSA) is 46.5 Å². The van der Waals surface area contributed by atoms with Crippen LogP contribution in [0.25, 0.3) is 0 Å². The van der Waals surface area contributed by atoms with E-state index in [1.54, 1.807) is 0 Å². The van der Waals surface area contributed by atoms with Crippen molar-refractivity contribution in [1.29, 1.82) is 0 Å². The smallest absolute Gasteiger partial charge is 0.316 e. The van der Waals surface area contributed by atoms with Crippen LogP contribution in [0.3, 0.4) is 0 Å². The predicted octanol–water partition coefficient (Wildman–Crippen LogP) is 3.50. The molecule has 1 aromatic carbocycles. The largest absolute Gasteiger partial charge is 0.459 e. The van der Waals surface area contributed by atoms with Crippen LogP contribution in [0.15, 0.2) is 30.3 Å². The molecular weight excluding hydrogens is 314 g/mol. The Labute approximate surface area is 152 Å². The van der Waals surface area contributed by atoms with Gasteiger partial charge in [0.2, 0.25) is 0 Å². The molecule has 0 saturated heterocycles. The molecule has 0 aliphatic heterocycles. The Balaban J connectivity index is 2.11. The van der Waals surface area contributed by atoms with Crippen LogP contribution in [-0.4, -0.2) is 54.4 Å². The molecule has 1 aliphatic rings. The number of likely N-dealkylation sites (N-methyl/N-ethyl adjacent to an activating group) is 1. The molecule has 0 amide bonds. The number of hydrogen-bond acceptors (Lipinski definition) is 3. The maximum atomic E-state index is 12.9. The fourth-order valence-electron chi connectivity index (χ4n) is 3.75. The number of carbonyl (C=O) groups is 1. The van der Waals surface area contributed by atoms with Crippen molar-refractivity contribution < 1.29 is 19.1 Å². The Morgan fingerprint density at radius 3 is 2.32 bits per heavy atom. The molecule has 1 aromatic rings. The summed E-state index contributed by atoms with van der Waals surface area (Å²) in [5.74, 6) is -0.870. The third-order valence-electron chi connectivity index (χ3n) is 6.03. The number of rotatable bonds is 8. The number of carbonyl (C=O) groups excluding carboxylic acids is 1. The summed E-state index contributed by atoms with van der Waals surface area (Å²) in [5.41, 5.74) is -0.121. The molecule has 2 rings (SSSR count). The molecule has 1 N–H and O–H groups in total. The minimum atomic E-state index is -0.982. The van der Waals surface area contributed by atoms with Gasteiger partial charge in [-0.2, -0.15) is 0 Å². The molecule has 4 nitrogen and oxygen atoms in total. The highest BCUT2D eigenvalue weighted by Crippen LogP contribution is 2.40. The van der Waals surface area contributed by atoms with Gasteiger partial charge in [0.25, 0.3) is 0 Å². The summed E-state index contributed by atoms with van der Waals surface area (Å²) in [5, 5.41) is 11.2. The van der Waals surface area contributed by atoms with Crippen LogP contribution >= 0.6 is 0 Å². The Morgan fingerprint density at radius 2 is 1.76 bits per heavy atom. The minimum absolute atomic E-state index is 0.283. The highest BCUT2D eigenvalue weighted by molar-refractivity contribution is 5.80. The molecule has 1 aliphatic carbocycles. The summed E-state index contributed by atoms with van der Waals surface area (Å²) >= 11 is 0. The maximum Gasteiger partial charge on any atom is 0.316 e. The Bertz CT molecular complexity index is 533. The van der Waals surface area contributed by atoms with Gasteiger partial charge >= 0.3 is 5.97 Å². The first-order valence-electron chi connectivity index (χ1n) is 9.71. The average Bonchev–Trinajstić information content (AvgIpc) is 2.63. The molecule has 0 radical (unpaired) electrons. The first-order valence-corrected chi connectivity index (χ1v) is 9.71. The number of nitrogens with zero attached hydrogens (tertiary/aromatic N) is 1. The van der Waals surface area contributed by atoms with Crippen molar-refractivity contribution in [3.8, 4) is 0 Å². The van der Waals surface area contributed by atoms with E-state index in [0.29, 0.717) is 19.4 Å². The van der Waals surface area contributed by atoms with Gasteiger partial charge in [0.1, 0.15) is 19.1 Å². The van der Waals surface area contributed by atoms with E-state index < -0.39 is 11.5 Å². The lowest BCUT2D eigenvalue weighted by Crippen LogP contribution is -2.47. The first kappa shape index (κ1) is 19.9. The van der Waals surface area contributed by atoms with Crippen molar-refractivity contribution in [1.82, 2.24) is 0 Å². The summed E-state index contributed by atoms with van der Waals surface area (Å²) in [6.07, 6.45) is 4.39. The lowest BCUT2D eigenvalue weighted by molar-refractivity contribution is -0.906. The van der Waals surface area contributed by atoms with Crippen molar-refractivity contribution in [2.24, 2.45) is 0 Å². The van der Waals surface area contributed by atoms with Crippen molar-refractivity contribution in [3.05, 3.63) is 35.9 Å². The number of benzene rings is 1. The summed E-state index contributed by atoms with van der Waals surface area (Å²) in [6.45, 7) is 7.54. The van der Waals surface area contributed by atoms with E-state index in [0.717, 1.165) is 48.9 Å². The van der Waals surface area contributed by atoms with E-state index in [2.05, 4.69) is 20.9 Å². The molecule has 25 heavy (non-hydrogen) atoms. The normalized spacial score (nSPS) is 18.6. The zero-order valence-electron chi connectivity index (χ0n) is 16.0. The quantitative estimate of drug-likeness (QED) is 0.578. The van der Waals surface area contributed by atoms with Crippen LogP contribution in [0.2, 0.25) is 0 Å². The summed E-state index contributed by atoms with van der Waals surface area (Å²) < 4.78 is 6.54. The molecule has 4 heteroatoms. The van der Waals surface area contributed by atoms with Gasteiger partial charge in [-0.3, -0.25) is 4.79 Å². The highest BCUT2D eigenvalue weighted by atomic mass is 16.5. The minimum Gasteiger partial charge on any atom is -0.459 e. The lowest BCUT2D eigenvalue weighted by Gasteiger charge is -2.38. The predicted molar refractivity (Wildman–Crippen MR) is 100 cm³/mol. The van der Waals surface area contributed by atoms with E-state index in [4.69, 9.17) is 4.74 Å². The Kier molecular flexibility index (Phi) is 7.03. The summed E-state index contributed by atoms with van der Waals surface area (Å²) in [7, 11) is 2.18. The fourth-order valence-corrected chi connectivity index (χ4v) is 3.75. The van der Waals surface area contributed by atoms with E-state index >= 15 is 0 Å². The Hall–Kier alpha value is -1.39. The zero-order valence-corrected chi connectivity index (χ0v) is 16.0. The second-order valence-electron chi connectivity index (χ2n) is 7.65. The van der Waals surface area contributed by atoms with Crippen molar-refractivity contribution >= 4 is 5.97 Å². The number of hydrogen-bond donors (Lipinski definition) is 1. The van der Waals surface area contributed by atoms with Gasteiger partial charge in [0.05, 0.1) is 25.7 Å². The van der Waals surface area contributed by atoms with Gasteiger partial charge < -0.3 is 14.3 Å². The highest BCUT2D eigenvalue weighted by Gasteiger charge is 2.44. The lowest BCUT2D eigenvalue weighted by atomic mass is 9.73. The van der Waals surface area contributed by atoms with Crippen LogP contribution in [0, 0.1) is 0 Å². The standard InChI is InChI=1S/C21H34NO3/c1-4-22(3,5-2)16-17-25-20(23)19(18-12-8-6-9-13-18)21(24)14-10-7-11-15-21/h6,8-9,12-13,19,24H,4-5,7,10-11,14-17H2,1-3H3/q+1. The maximum absolute atomic E-state index is 12.9. The molecule has 1 fully saturated rings. The second-order valence-corrected chi connectivity index (χ2v) is 7.65. The van der Waals surface area contributed by atoms with Crippen LogP contribution < -0.4 is 0 Å². The zero-order chi connectivity index (χ0) is 18.3. The third kappa shape index (κ3) is 5.05. The summed E-state index contributed by atoms with van der Waals surface area (Å²) in [4.78, 5) is 12.9. The van der Waals surface area contributed by atoms with Crippen LogP contribution in [0.1, 0.15) is 57.4 Å². The first-order chi connectivity index (χ1) is 11.9. The molecule has 1 unspecified atom stereocenters. The summed E-state index contributed by atoms with van der Waals surface area (Å²) in [6, 6.07) is 9.63. The number of aliphatic hydroxyl groups is 1. The molecule has 1 atom stereocenters. The number of quaternary nitrogens is 1. The van der Waals surface area contributed by atoms with Crippen molar-refractivity contribution in [2.75, 3.05) is 33.3 Å². The SMILES string of the molecule is CC[N+](C)(CC)CCOC(=O)C(c1ccccc1)C1(O)CCCCC1. The van der Waals surface area contributed by atoms with Gasteiger partial charge in [0.15, 0.2) is 0 Å². The molecule has 0 bridgehead atoms. The van der Waals surface area contributed by atoms with Gasteiger partial charge in [-0.1, -0.05) is 49.6 Å². The molecule has 1 saturated carbocycles. The van der Waals surface area contributed by atoms with Gasteiger partial charge in [0, 0.05) is 0 Å². The Morgan fingerprint density at radius 1 is 1.16 bits per heavy atom. The molecule has 140 valence electrons. The van der Waals surface area contributed by atoms with Crippen molar-refractivity contribution in [2.45, 2.75) is 57.5 Å². The van der Waals surface area contributed by atoms with Crippen LogP contribution in [0.4, 0.5) is 0 Å². The fraction of sp³-hybridized carbons (Fsp3) is 0.667. The van der Waals surface area contributed by atoms with Gasteiger partial charge in [-0.25, -0.2) is 0 Å². The second kappa shape index (κ2) is 8.81.